The molecule has 35 heavy (non-hydrogen) atoms. The van der Waals surface area contributed by atoms with Gasteiger partial charge in [-0.1, -0.05) is 51.1 Å². The van der Waals surface area contributed by atoms with Gasteiger partial charge >= 0.3 is 6.09 Å². The molecule has 2 aromatic carbocycles. The minimum absolute atomic E-state index is 0.127. The van der Waals surface area contributed by atoms with Gasteiger partial charge in [-0.2, -0.15) is 5.26 Å². The molecule has 2 heterocycles. The smallest absolute Gasteiger partial charge is 0.410 e. The number of hydrogen-bond donors (Lipinski definition) is 0. The second-order valence-corrected chi connectivity index (χ2v) is 11.7. The zero-order chi connectivity index (χ0) is 25.4. The minimum Gasteiger partial charge on any atom is -0.444 e. The van der Waals surface area contributed by atoms with Crippen LogP contribution in [0.2, 0.25) is 0 Å². The van der Waals surface area contributed by atoms with Crippen molar-refractivity contribution < 1.29 is 9.53 Å². The van der Waals surface area contributed by atoms with Gasteiger partial charge in [0.15, 0.2) is 0 Å². The number of piperidine rings is 1. The molecule has 5 heteroatoms. The SMILES string of the molecule is CC(C)(C)OC(=O)N1CCC(c2cn(Cc3ccc(C(C)(C)C)cc3)c3cc(C#N)ccc23)CC1. The lowest BCUT2D eigenvalue weighted by Gasteiger charge is -2.33. The van der Waals surface area contributed by atoms with Crippen molar-refractivity contribution in [3.05, 3.63) is 70.9 Å². The van der Waals surface area contributed by atoms with Crippen molar-refractivity contribution in [2.24, 2.45) is 0 Å². The number of hydrogen-bond acceptors (Lipinski definition) is 3. The highest BCUT2D eigenvalue weighted by Gasteiger charge is 2.29. The zero-order valence-corrected chi connectivity index (χ0v) is 21.9. The molecule has 1 aliphatic heterocycles. The average Bonchev–Trinajstić information content (AvgIpc) is 3.15. The molecule has 1 fully saturated rings. The Hall–Kier alpha value is -3.26. The summed E-state index contributed by atoms with van der Waals surface area (Å²) in [6.45, 7) is 14.5. The standard InChI is InChI=1S/C30H37N3O2/c1-29(2,3)24-10-7-21(8-11-24)19-33-20-26(25-12-9-22(18-31)17-27(25)33)23-13-15-32(16-14-23)28(34)35-30(4,5)6/h7-12,17,20,23H,13-16,19H2,1-6H3. The fourth-order valence-electron chi connectivity index (χ4n) is 4.85. The summed E-state index contributed by atoms with van der Waals surface area (Å²) in [5.74, 6) is 0.369. The van der Waals surface area contributed by atoms with Crippen LogP contribution in [0.15, 0.2) is 48.7 Å². The molecule has 4 rings (SSSR count). The molecular formula is C30H37N3O2. The lowest BCUT2D eigenvalue weighted by molar-refractivity contribution is 0.0205. The number of nitrogens with zero attached hydrogens (tertiary/aromatic N) is 3. The molecule has 0 radical (unpaired) electrons. The number of amides is 1. The molecular weight excluding hydrogens is 434 g/mol. The second-order valence-electron chi connectivity index (χ2n) is 11.7. The Kier molecular flexibility index (Phi) is 6.68. The number of carbonyl (C=O) groups is 1. The third-order valence-electron chi connectivity index (χ3n) is 6.80. The summed E-state index contributed by atoms with van der Waals surface area (Å²) in [6.07, 6.45) is 3.84. The van der Waals surface area contributed by atoms with Crippen molar-refractivity contribution in [2.75, 3.05) is 13.1 Å². The van der Waals surface area contributed by atoms with Gasteiger partial charge in [-0.25, -0.2) is 4.79 Å². The molecule has 0 aliphatic carbocycles. The van der Waals surface area contributed by atoms with Crippen LogP contribution in [0, 0.1) is 11.3 Å². The van der Waals surface area contributed by atoms with E-state index in [0.717, 1.165) is 24.9 Å². The van der Waals surface area contributed by atoms with Gasteiger partial charge in [0.2, 0.25) is 0 Å². The van der Waals surface area contributed by atoms with Crippen molar-refractivity contribution in [3.63, 3.8) is 0 Å². The van der Waals surface area contributed by atoms with Gasteiger partial charge in [0.05, 0.1) is 11.6 Å². The number of carbonyl (C=O) groups excluding carboxylic acids is 1. The van der Waals surface area contributed by atoms with E-state index in [9.17, 15) is 10.1 Å². The van der Waals surface area contributed by atoms with E-state index < -0.39 is 5.60 Å². The first-order valence-corrected chi connectivity index (χ1v) is 12.5. The molecule has 1 aliphatic rings. The van der Waals surface area contributed by atoms with Crippen molar-refractivity contribution in [2.45, 2.75) is 77.9 Å². The molecule has 0 saturated carbocycles. The van der Waals surface area contributed by atoms with Crippen molar-refractivity contribution in [3.8, 4) is 6.07 Å². The summed E-state index contributed by atoms with van der Waals surface area (Å²) >= 11 is 0. The second kappa shape index (κ2) is 9.41. The molecule has 184 valence electrons. The number of nitriles is 1. The molecule has 0 unspecified atom stereocenters. The van der Waals surface area contributed by atoms with Crippen LogP contribution in [0.5, 0.6) is 0 Å². The number of likely N-dealkylation sites (tertiary alicyclic amines) is 1. The number of rotatable bonds is 3. The van der Waals surface area contributed by atoms with Gasteiger partial charge in [0.1, 0.15) is 5.60 Å². The molecule has 5 nitrogen and oxygen atoms in total. The normalized spacial score (nSPS) is 15.3. The van der Waals surface area contributed by atoms with E-state index in [1.165, 1.54) is 22.1 Å². The van der Waals surface area contributed by atoms with E-state index >= 15 is 0 Å². The fraction of sp³-hybridized carbons (Fsp3) is 0.467. The van der Waals surface area contributed by atoms with Crippen LogP contribution in [0.3, 0.4) is 0 Å². The number of ether oxygens (including phenoxy) is 1. The van der Waals surface area contributed by atoms with Gasteiger partial charge in [0.25, 0.3) is 0 Å². The molecule has 0 atom stereocenters. The maximum atomic E-state index is 12.5. The highest BCUT2D eigenvalue weighted by Crippen LogP contribution is 2.36. The highest BCUT2D eigenvalue weighted by molar-refractivity contribution is 5.86. The first kappa shape index (κ1) is 24.9. The Morgan fingerprint density at radius 1 is 1.03 bits per heavy atom. The number of benzene rings is 2. The Bertz CT molecular complexity index is 1240. The molecule has 1 amide bonds. The van der Waals surface area contributed by atoms with E-state index in [1.807, 2.05) is 37.8 Å². The molecule has 1 aromatic heterocycles. The fourth-order valence-corrected chi connectivity index (χ4v) is 4.85. The molecule has 0 bridgehead atoms. The maximum absolute atomic E-state index is 12.5. The first-order valence-electron chi connectivity index (χ1n) is 12.5. The largest absolute Gasteiger partial charge is 0.444 e. The monoisotopic (exact) mass is 471 g/mol. The topological polar surface area (TPSA) is 58.3 Å². The summed E-state index contributed by atoms with van der Waals surface area (Å²) in [6, 6.07) is 17.1. The summed E-state index contributed by atoms with van der Waals surface area (Å²) < 4.78 is 7.84. The maximum Gasteiger partial charge on any atom is 0.410 e. The summed E-state index contributed by atoms with van der Waals surface area (Å²) in [4.78, 5) is 14.3. The van der Waals surface area contributed by atoms with Crippen molar-refractivity contribution >= 4 is 17.0 Å². The van der Waals surface area contributed by atoms with E-state index in [2.05, 4.69) is 67.9 Å². The zero-order valence-electron chi connectivity index (χ0n) is 21.9. The summed E-state index contributed by atoms with van der Waals surface area (Å²) in [5.41, 5.74) is 5.28. The van der Waals surface area contributed by atoms with Gasteiger partial charge in [-0.15, -0.1) is 0 Å². The van der Waals surface area contributed by atoms with Crippen LogP contribution < -0.4 is 0 Å². The molecule has 0 spiro atoms. The summed E-state index contributed by atoms with van der Waals surface area (Å²) in [5, 5.41) is 10.7. The number of fused-ring (bicyclic) bond motifs is 1. The van der Waals surface area contributed by atoms with Crippen LogP contribution in [0.1, 0.15) is 82.6 Å². The quantitative estimate of drug-likeness (QED) is 0.414. The summed E-state index contributed by atoms with van der Waals surface area (Å²) in [7, 11) is 0. The van der Waals surface area contributed by atoms with E-state index in [-0.39, 0.29) is 11.5 Å². The van der Waals surface area contributed by atoms with E-state index in [0.29, 0.717) is 24.6 Å². The third-order valence-corrected chi connectivity index (χ3v) is 6.80. The lowest BCUT2D eigenvalue weighted by atomic mass is 9.87. The molecule has 1 saturated heterocycles. The lowest BCUT2D eigenvalue weighted by Crippen LogP contribution is -2.41. The number of aromatic nitrogens is 1. The van der Waals surface area contributed by atoms with Gasteiger partial charge < -0.3 is 14.2 Å². The van der Waals surface area contributed by atoms with Gasteiger partial charge in [-0.05, 0) is 73.8 Å². The average molecular weight is 472 g/mol. The van der Waals surface area contributed by atoms with Crippen LogP contribution in [0.25, 0.3) is 10.9 Å². The minimum atomic E-state index is -0.481. The Morgan fingerprint density at radius 3 is 2.26 bits per heavy atom. The third kappa shape index (κ3) is 5.70. The molecule has 3 aromatic rings. The van der Waals surface area contributed by atoms with Crippen LogP contribution in [-0.4, -0.2) is 34.3 Å². The van der Waals surface area contributed by atoms with E-state index in [1.54, 1.807) is 0 Å². The predicted octanol–water partition coefficient (Wildman–Crippen LogP) is 6.97. The Morgan fingerprint density at radius 2 is 1.69 bits per heavy atom. The van der Waals surface area contributed by atoms with Crippen molar-refractivity contribution in [1.82, 2.24) is 9.47 Å². The van der Waals surface area contributed by atoms with Crippen LogP contribution in [-0.2, 0) is 16.7 Å². The predicted molar refractivity (Wildman–Crippen MR) is 141 cm³/mol. The van der Waals surface area contributed by atoms with Gasteiger partial charge in [-0.3, -0.25) is 0 Å². The van der Waals surface area contributed by atoms with Crippen LogP contribution in [0.4, 0.5) is 4.79 Å². The Labute approximate surface area is 209 Å². The highest BCUT2D eigenvalue weighted by atomic mass is 16.6. The molecule has 0 N–H and O–H groups in total. The Balaban J connectivity index is 1.58. The van der Waals surface area contributed by atoms with Crippen LogP contribution >= 0.6 is 0 Å². The first-order chi connectivity index (χ1) is 16.4. The van der Waals surface area contributed by atoms with E-state index in [4.69, 9.17) is 4.74 Å². The van der Waals surface area contributed by atoms with Gasteiger partial charge in [0, 0.05) is 36.7 Å². The van der Waals surface area contributed by atoms with Crippen molar-refractivity contribution in [1.29, 1.82) is 5.26 Å².